The van der Waals surface area contributed by atoms with Gasteiger partial charge < -0.3 is 0 Å². The summed E-state index contributed by atoms with van der Waals surface area (Å²) in [5.41, 5.74) is -1.57. The third-order valence-corrected chi connectivity index (χ3v) is 0.870. The van der Waals surface area contributed by atoms with Gasteiger partial charge in [0.05, 0.1) is 5.57 Å². The van der Waals surface area contributed by atoms with Crippen molar-refractivity contribution in [3.63, 3.8) is 0 Å². The Bertz CT molecular complexity index is 114. The van der Waals surface area contributed by atoms with Crippen LogP contribution < -0.4 is 0 Å². The van der Waals surface area contributed by atoms with E-state index in [1.165, 1.54) is 0 Å². The van der Waals surface area contributed by atoms with Crippen LogP contribution in [0.1, 0.15) is 0 Å². The molecule has 0 unspecified atom stereocenters. The standard InChI is InChI=1S/C4H3ClF4/c1-2(3(6)7)4(5,8)9/h3H,1H2. The van der Waals surface area contributed by atoms with Gasteiger partial charge in [-0.3, -0.25) is 0 Å². The fourth-order valence-electron chi connectivity index (χ4n) is 0.124. The Morgan fingerprint density at radius 2 is 1.78 bits per heavy atom. The van der Waals surface area contributed by atoms with Crippen LogP contribution in [-0.4, -0.2) is 11.8 Å². The van der Waals surface area contributed by atoms with Crippen LogP contribution in [0, 0.1) is 0 Å². The zero-order valence-electron chi connectivity index (χ0n) is 4.17. The Morgan fingerprint density at radius 3 is 1.78 bits per heavy atom. The maximum atomic E-state index is 11.6. The van der Waals surface area contributed by atoms with E-state index < -0.39 is 17.4 Å². The van der Waals surface area contributed by atoms with E-state index in [1.807, 2.05) is 0 Å². The zero-order chi connectivity index (χ0) is 7.65. The first kappa shape index (κ1) is 8.75. The second-order valence-electron chi connectivity index (χ2n) is 1.32. The number of alkyl halides is 5. The zero-order valence-corrected chi connectivity index (χ0v) is 4.93. The summed E-state index contributed by atoms with van der Waals surface area (Å²) in [5, 5.41) is -3.99. The molecule has 0 aliphatic carbocycles. The Kier molecular flexibility index (Phi) is 2.49. The lowest BCUT2D eigenvalue weighted by Gasteiger charge is -2.08. The predicted molar refractivity (Wildman–Crippen MR) is 25.9 cm³/mol. The third kappa shape index (κ3) is 2.70. The van der Waals surface area contributed by atoms with Gasteiger partial charge in [0.25, 0.3) is 6.43 Å². The van der Waals surface area contributed by atoms with Gasteiger partial charge in [-0.1, -0.05) is 6.58 Å². The minimum absolute atomic E-state index is 1.57. The molecule has 0 atom stereocenters. The largest absolute Gasteiger partial charge is 0.349 e. The van der Waals surface area contributed by atoms with Crippen molar-refractivity contribution in [1.29, 1.82) is 0 Å². The summed E-state index contributed by atoms with van der Waals surface area (Å²) in [6, 6.07) is 0. The van der Waals surface area contributed by atoms with Crippen LogP contribution in [0.5, 0.6) is 0 Å². The Hall–Kier alpha value is -0.250. The molecule has 9 heavy (non-hydrogen) atoms. The van der Waals surface area contributed by atoms with Crippen LogP contribution >= 0.6 is 11.6 Å². The van der Waals surface area contributed by atoms with Gasteiger partial charge in [0.2, 0.25) is 0 Å². The van der Waals surface area contributed by atoms with Crippen molar-refractivity contribution < 1.29 is 17.6 Å². The van der Waals surface area contributed by atoms with Crippen molar-refractivity contribution in [2.24, 2.45) is 0 Å². The second kappa shape index (κ2) is 2.56. The fraction of sp³-hybridized carbons (Fsp3) is 0.500. The molecule has 0 nitrogen and oxygen atoms in total. The van der Waals surface area contributed by atoms with E-state index in [1.54, 1.807) is 0 Å². The molecule has 0 fully saturated rings. The van der Waals surface area contributed by atoms with E-state index in [2.05, 4.69) is 18.2 Å². The van der Waals surface area contributed by atoms with Crippen molar-refractivity contribution in [2.45, 2.75) is 11.8 Å². The van der Waals surface area contributed by atoms with Crippen LogP contribution in [0.2, 0.25) is 0 Å². The van der Waals surface area contributed by atoms with E-state index in [0.29, 0.717) is 0 Å². The number of halogens is 5. The summed E-state index contributed by atoms with van der Waals surface area (Å²) in [5.74, 6) is 0. The average molecular weight is 163 g/mol. The smallest absolute Gasteiger partial charge is 0.205 e. The molecule has 0 aromatic carbocycles. The highest BCUT2D eigenvalue weighted by molar-refractivity contribution is 6.23. The summed E-state index contributed by atoms with van der Waals surface area (Å²) in [7, 11) is 0. The summed E-state index contributed by atoms with van der Waals surface area (Å²) in [6.45, 7) is 2.39. The summed E-state index contributed by atoms with van der Waals surface area (Å²) < 4.78 is 45.6. The minimum Gasteiger partial charge on any atom is -0.205 e. The Balaban J connectivity index is 4.06. The maximum Gasteiger partial charge on any atom is 0.349 e. The minimum atomic E-state index is -3.99. The molecule has 0 saturated heterocycles. The van der Waals surface area contributed by atoms with Crippen molar-refractivity contribution in [1.82, 2.24) is 0 Å². The van der Waals surface area contributed by atoms with E-state index >= 15 is 0 Å². The molecule has 0 aromatic rings. The first-order valence-corrected chi connectivity index (χ1v) is 2.27. The quantitative estimate of drug-likeness (QED) is 0.333. The van der Waals surface area contributed by atoms with Gasteiger partial charge in [-0.05, 0) is 11.6 Å². The normalized spacial score (nSPS) is 12.2. The molecule has 0 amide bonds. The SMILES string of the molecule is C=C(C(F)F)C(F)(F)Cl. The maximum absolute atomic E-state index is 11.6. The van der Waals surface area contributed by atoms with Gasteiger partial charge in [0.1, 0.15) is 0 Å². The van der Waals surface area contributed by atoms with Crippen LogP contribution in [0.4, 0.5) is 17.6 Å². The topological polar surface area (TPSA) is 0 Å². The van der Waals surface area contributed by atoms with Crippen molar-refractivity contribution >= 4 is 11.6 Å². The van der Waals surface area contributed by atoms with E-state index in [4.69, 9.17) is 0 Å². The molecule has 54 valence electrons. The second-order valence-corrected chi connectivity index (χ2v) is 1.80. The van der Waals surface area contributed by atoms with Crippen molar-refractivity contribution in [3.8, 4) is 0 Å². The summed E-state index contributed by atoms with van der Waals surface area (Å²) >= 11 is 4.17. The van der Waals surface area contributed by atoms with Crippen LogP contribution in [0.3, 0.4) is 0 Å². The van der Waals surface area contributed by atoms with Gasteiger partial charge in [-0.2, -0.15) is 8.78 Å². The van der Waals surface area contributed by atoms with Gasteiger partial charge in [-0.15, -0.1) is 0 Å². The average Bonchev–Trinajstić information content (AvgIpc) is 1.62. The van der Waals surface area contributed by atoms with Gasteiger partial charge in [-0.25, -0.2) is 8.78 Å². The molecular formula is C4H3ClF4. The summed E-state index contributed by atoms with van der Waals surface area (Å²) in [4.78, 5) is 0. The lowest BCUT2D eigenvalue weighted by atomic mass is 10.3. The molecule has 0 bridgehead atoms. The molecule has 0 spiro atoms. The summed E-state index contributed by atoms with van der Waals surface area (Å²) in [6.07, 6.45) is -3.27. The van der Waals surface area contributed by atoms with E-state index in [9.17, 15) is 17.6 Å². The molecule has 0 saturated carbocycles. The predicted octanol–water partition coefficient (Wildman–Crippen LogP) is 2.64. The molecule has 0 aliphatic rings. The first-order chi connectivity index (χ1) is 3.85. The van der Waals surface area contributed by atoms with E-state index in [0.717, 1.165) is 0 Å². The number of rotatable bonds is 2. The molecule has 0 aliphatic heterocycles. The molecule has 5 heteroatoms. The lowest BCUT2D eigenvalue weighted by Crippen LogP contribution is -2.15. The Morgan fingerprint density at radius 1 is 1.44 bits per heavy atom. The molecule has 0 N–H and O–H groups in total. The monoisotopic (exact) mass is 162 g/mol. The van der Waals surface area contributed by atoms with Crippen molar-refractivity contribution in [3.05, 3.63) is 12.2 Å². The molecule has 0 heterocycles. The van der Waals surface area contributed by atoms with Crippen molar-refractivity contribution in [2.75, 3.05) is 0 Å². The highest BCUT2D eigenvalue weighted by Gasteiger charge is 2.34. The fourth-order valence-corrected chi connectivity index (χ4v) is 0.206. The number of allylic oxidation sites excluding steroid dienone is 1. The van der Waals surface area contributed by atoms with Crippen LogP contribution in [-0.2, 0) is 0 Å². The molecule has 0 rings (SSSR count). The molecular weight excluding hydrogens is 159 g/mol. The highest BCUT2D eigenvalue weighted by atomic mass is 35.5. The van der Waals surface area contributed by atoms with Gasteiger partial charge in [0.15, 0.2) is 0 Å². The Labute approximate surface area is 54.1 Å². The van der Waals surface area contributed by atoms with Crippen LogP contribution in [0.15, 0.2) is 12.2 Å². The van der Waals surface area contributed by atoms with Crippen LogP contribution in [0.25, 0.3) is 0 Å². The molecule has 0 aromatic heterocycles. The van der Waals surface area contributed by atoms with E-state index in [-0.39, 0.29) is 0 Å². The van der Waals surface area contributed by atoms with Gasteiger partial charge in [0, 0.05) is 0 Å². The van der Waals surface area contributed by atoms with Gasteiger partial charge >= 0.3 is 5.38 Å². The number of hydrogen-bond donors (Lipinski definition) is 0. The highest BCUT2D eigenvalue weighted by Crippen LogP contribution is 2.30. The third-order valence-electron chi connectivity index (χ3n) is 0.628. The molecule has 0 radical (unpaired) electrons. The number of hydrogen-bond acceptors (Lipinski definition) is 0. The lowest BCUT2D eigenvalue weighted by molar-refractivity contribution is 0.0813. The first-order valence-electron chi connectivity index (χ1n) is 1.90.